The molecular weight excluding hydrogens is 293 g/mol. The second-order valence-electron chi connectivity index (χ2n) is 4.60. The van der Waals surface area contributed by atoms with E-state index in [1.807, 2.05) is 37.3 Å². The molecule has 0 aliphatic heterocycles. The van der Waals surface area contributed by atoms with Gasteiger partial charge in [-0.3, -0.25) is 0 Å². The van der Waals surface area contributed by atoms with E-state index in [9.17, 15) is 0 Å². The predicted molar refractivity (Wildman–Crippen MR) is 84.7 cm³/mol. The van der Waals surface area contributed by atoms with Crippen molar-refractivity contribution < 1.29 is 4.74 Å². The molecule has 20 heavy (non-hydrogen) atoms. The summed E-state index contributed by atoms with van der Waals surface area (Å²) in [5, 5.41) is 1.09. The molecule has 0 spiro atoms. The number of aryl methyl sites for hydroxylation is 1. The second kappa shape index (κ2) is 6.98. The highest BCUT2D eigenvalue weighted by Crippen LogP contribution is 2.29. The zero-order valence-corrected chi connectivity index (χ0v) is 12.8. The lowest BCUT2D eigenvalue weighted by Gasteiger charge is -2.14. The van der Waals surface area contributed by atoms with Gasteiger partial charge in [0, 0.05) is 5.56 Å². The summed E-state index contributed by atoms with van der Waals surface area (Å²) in [6, 6.07) is 11.6. The molecule has 106 valence electrons. The quantitative estimate of drug-likeness (QED) is 0.889. The highest BCUT2D eigenvalue weighted by Gasteiger charge is 2.09. The van der Waals surface area contributed by atoms with Gasteiger partial charge in [-0.05, 0) is 37.1 Å². The van der Waals surface area contributed by atoms with Crippen molar-refractivity contribution in [1.82, 2.24) is 0 Å². The summed E-state index contributed by atoms with van der Waals surface area (Å²) in [5.74, 6) is 0.883. The Hall–Kier alpha value is -1.22. The van der Waals surface area contributed by atoms with Crippen LogP contribution in [0.3, 0.4) is 0 Å². The first kappa shape index (κ1) is 15.2. The predicted octanol–water partition coefficient (Wildman–Crippen LogP) is 4.38. The fraction of sp³-hybridized carbons (Fsp3) is 0.250. The highest BCUT2D eigenvalue weighted by molar-refractivity contribution is 6.42. The van der Waals surface area contributed by atoms with E-state index in [-0.39, 0.29) is 0 Å². The Balaban J connectivity index is 2.20. The number of nitrogens with two attached hydrogens (primary N) is 1. The standard InChI is InChI=1S/C16H17Cl2NO/c1-11-4-2-5-12(8-9-19)16(11)20-10-13-6-3-7-14(17)15(13)18/h2-7H,8-10,19H2,1H3. The van der Waals surface area contributed by atoms with E-state index in [1.54, 1.807) is 6.07 Å². The molecule has 0 heterocycles. The normalized spacial score (nSPS) is 10.6. The van der Waals surface area contributed by atoms with Gasteiger partial charge < -0.3 is 10.5 Å². The van der Waals surface area contributed by atoms with Crippen LogP contribution < -0.4 is 10.5 Å². The van der Waals surface area contributed by atoms with Gasteiger partial charge in [0.2, 0.25) is 0 Å². The minimum absolute atomic E-state index is 0.391. The summed E-state index contributed by atoms with van der Waals surface area (Å²) in [6.07, 6.45) is 0.792. The lowest BCUT2D eigenvalue weighted by Crippen LogP contribution is -2.06. The Morgan fingerprint density at radius 3 is 2.50 bits per heavy atom. The summed E-state index contributed by atoms with van der Waals surface area (Å²) >= 11 is 12.2. The lowest BCUT2D eigenvalue weighted by atomic mass is 10.1. The molecule has 0 aliphatic rings. The molecule has 2 nitrogen and oxygen atoms in total. The number of hydrogen-bond donors (Lipinski definition) is 1. The molecule has 0 radical (unpaired) electrons. The van der Waals surface area contributed by atoms with Crippen LogP contribution in [0, 0.1) is 6.92 Å². The molecule has 0 saturated carbocycles. The van der Waals surface area contributed by atoms with Crippen molar-refractivity contribution >= 4 is 23.2 Å². The topological polar surface area (TPSA) is 35.2 Å². The smallest absolute Gasteiger partial charge is 0.125 e. The highest BCUT2D eigenvalue weighted by atomic mass is 35.5. The van der Waals surface area contributed by atoms with Crippen molar-refractivity contribution in [3.05, 3.63) is 63.1 Å². The maximum absolute atomic E-state index is 6.17. The molecule has 0 bridgehead atoms. The lowest BCUT2D eigenvalue weighted by molar-refractivity contribution is 0.301. The van der Waals surface area contributed by atoms with Gasteiger partial charge in [0.05, 0.1) is 10.0 Å². The minimum atomic E-state index is 0.391. The van der Waals surface area contributed by atoms with Crippen LogP contribution in [0.2, 0.25) is 10.0 Å². The molecule has 0 aliphatic carbocycles. The number of rotatable bonds is 5. The third-order valence-electron chi connectivity index (χ3n) is 3.11. The summed E-state index contributed by atoms with van der Waals surface area (Å²) in [7, 11) is 0. The van der Waals surface area contributed by atoms with Crippen molar-refractivity contribution in [2.75, 3.05) is 6.54 Å². The van der Waals surface area contributed by atoms with Crippen molar-refractivity contribution in [1.29, 1.82) is 0 Å². The molecule has 0 saturated heterocycles. The Morgan fingerprint density at radius 2 is 1.75 bits per heavy atom. The van der Waals surface area contributed by atoms with Crippen LogP contribution in [0.5, 0.6) is 5.75 Å². The number of halogens is 2. The average molecular weight is 310 g/mol. The first-order chi connectivity index (χ1) is 9.63. The van der Waals surface area contributed by atoms with Crippen molar-refractivity contribution in [2.45, 2.75) is 20.0 Å². The van der Waals surface area contributed by atoms with Gasteiger partial charge in [0.25, 0.3) is 0 Å². The van der Waals surface area contributed by atoms with Crippen molar-refractivity contribution in [3.63, 3.8) is 0 Å². The number of ether oxygens (including phenoxy) is 1. The van der Waals surface area contributed by atoms with E-state index < -0.39 is 0 Å². The van der Waals surface area contributed by atoms with Gasteiger partial charge >= 0.3 is 0 Å². The zero-order chi connectivity index (χ0) is 14.5. The molecular formula is C16H17Cl2NO. The fourth-order valence-electron chi connectivity index (χ4n) is 2.08. The fourth-order valence-corrected chi connectivity index (χ4v) is 2.46. The molecule has 0 atom stereocenters. The van der Waals surface area contributed by atoms with E-state index in [1.165, 1.54) is 0 Å². The SMILES string of the molecule is Cc1cccc(CCN)c1OCc1cccc(Cl)c1Cl. The minimum Gasteiger partial charge on any atom is -0.488 e. The molecule has 0 unspecified atom stereocenters. The molecule has 2 N–H and O–H groups in total. The van der Waals surface area contributed by atoms with Crippen LogP contribution >= 0.6 is 23.2 Å². The van der Waals surface area contributed by atoms with E-state index in [4.69, 9.17) is 33.7 Å². The molecule has 2 rings (SSSR count). The van der Waals surface area contributed by atoms with Crippen LogP contribution in [0.15, 0.2) is 36.4 Å². The second-order valence-corrected chi connectivity index (χ2v) is 5.39. The molecule has 0 amide bonds. The van der Waals surface area contributed by atoms with Gasteiger partial charge in [0.15, 0.2) is 0 Å². The zero-order valence-electron chi connectivity index (χ0n) is 11.3. The Labute approximate surface area is 129 Å². The molecule has 0 aromatic heterocycles. The summed E-state index contributed by atoms with van der Waals surface area (Å²) in [5.41, 5.74) is 8.72. The van der Waals surface area contributed by atoms with E-state index in [2.05, 4.69) is 0 Å². The largest absolute Gasteiger partial charge is 0.488 e. The third kappa shape index (κ3) is 3.45. The Morgan fingerprint density at radius 1 is 1.05 bits per heavy atom. The van der Waals surface area contributed by atoms with Crippen LogP contribution in [0.4, 0.5) is 0 Å². The van der Waals surface area contributed by atoms with Crippen LogP contribution in [0.25, 0.3) is 0 Å². The summed E-state index contributed by atoms with van der Waals surface area (Å²) in [6.45, 7) is 3.01. The average Bonchev–Trinajstić information content (AvgIpc) is 2.43. The first-order valence-electron chi connectivity index (χ1n) is 6.47. The maximum Gasteiger partial charge on any atom is 0.125 e. The number of para-hydroxylation sites is 1. The molecule has 2 aromatic carbocycles. The number of benzene rings is 2. The third-order valence-corrected chi connectivity index (χ3v) is 3.97. The van der Waals surface area contributed by atoms with Crippen molar-refractivity contribution in [3.8, 4) is 5.75 Å². The van der Waals surface area contributed by atoms with E-state index in [0.29, 0.717) is 23.2 Å². The summed E-state index contributed by atoms with van der Waals surface area (Å²) < 4.78 is 5.94. The molecule has 2 aromatic rings. The first-order valence-corrected chi connectivity index (χ1v) is 7.23. The van der Waals surface area contributed by atoms with Gasteiger partial charge in [-0.25, -0.2) is 0 Å². The van der Waals surface area contributed by atoms with Crippen LogP contribution in [0.1, 0.15) is 16.7 Å². The van der Waals surface area contributed by atoms with E-state index in [0.717, 1.165) is 28.9 Å². The van der Waals surface area contributed by atoms with Gasteiger partial charge in [-0.15, -0.1) is 0 Å². The van der Waals surface area contributed by atoms with Crippen molar-refractivity contribution in [2.24, 2.45) is 5.73 Å². The monoisotopic (exact) mass is 309 g/mol. The summed E-state index contributed by atoms with van der Waals surface area (Å²) in [4.78, 5) is 0. The van der Waals surface area contributed by atoms with Crippen LogP contribution in [-0.2, 0) is 13.0 Å². The van der Waals surface area contributed by atoms with Gasteiger partial charge in [0.1, 0.15) is 12.4 Å². The van der Waals surface area contributed by atoms with Crippen LogP contribution in [-0.4, -0.2) is 6.54 Å². The Bertz CT molecular complexity index is 599. The number of hydrogen-bond acceptors (Lipinski definition) is 2. The Kier molecular flexibility index (Phi) is 5.30. The molecule has 4 heteroatoms. The van der Waals surface area contributed by atoms with Gasteiger partial charge in [-0.2, -0.15) is 0 Å². The maximum atomic E-state index is 6.17. The van der Waals surface area contributed by atoms with E-state index >= 15 is 0 Å². The van der Waals surface area contributed by atoms with Gasteiger partial charge in [-0.1, -0.05) is 53.5 Å². The molecule has 0 fully saturated rings.